The monoisotopic (exact) mass is 262 g/mol. The fourth-order valence-corrected chi connectivity index (χ4v) is 3.69. The van der Waals surface area contributed by atoms with Crippen molar-refractivity contribution in [3.8, 4) is 0 Å². The second kappa shape index (κ2) is 5.53. The molecule has 1 unspecified atom stereocenters. The average Bonchev–Trinajstić information content (AvgIpc) is 3.05. The van der Waals surface area contributed by atoms with Crippen LogP contribution in [-0.4, -0.2) is 28.7 Å². The van der Waals surface area contributed by atoms with E-state index in [9.17, 15) is 0 Å². The van der Waals surface area contributed by atoms with Gasteiger partial charge in [-0.1, -0.05) is 19.3 Å². The molecular weight excluding hydrogens is 236 g/mol. The highest BCUT2D eigenvalue weighted by atomic mass is 15.3. The second-order valence-corrected chi connectivity index (χ2v) is 6.11. The van der Waals surface area contributed by atoms with Crippen molar-refractivity contribution < 1.29 is 0 Å². The minimum absolute atomic E-state index is 0.490. The molecule has 1 saturated carbocycles. The van der Waals surface area contributed by atoms with E-state index in [2.05, 4.69) is 22.6 Å². The van der Waals surface area contributed by atoms with Gasteiger partial charge in [-0.2, -0.15) is 0 Å². The Morgan fingerprint density at radius 2 is 2.00 bits per heavy atom. The molecule has 0 amide bonds. The minimum atomic E-state index is 0.490. The van der Waals surface area contributed by atoms with E-state index in [1.54, 1.807) is 0 Å². The van der Waals surface area contributed by atoms with Gasteiger partial charge in [0.15, 0.2) is 0 Å². The Bertz CT molecular complexity index is 420. The predicted molar refractivity (Wildman–Crippen MR) is 78.5 cm³/mol. The lowest BCUT2D eigenvalue weighted by Gasteiger charge is -2.30. The molecule has 0 radical (unpaired) electrons. The zero-order valence-electron chi connectivity index (χ0n) is 12.0. The van der Waals surface area contributed by atoms with Crippen molar-refractivity contribution in [1.82, 2.24) is 9.55 Å². The maximum absolute atomic E-state index is 5.92. The highest BCUT2D eigenvalue weighted by Gasteiger charge is 2.29. The SMILES string of the molecule is Cc1cn(C2CCCCC2)c(N2CCCC2CN)n1. The van der Waals surface area contributed by atoms with E-state index in [1.165, 1.54) is 50.9 Å². The van der Waals surface area contributed by atoms with Crippen LogP contribution in [0.1, 0.15) is 56.7 Å². The van der Waals surface area contributed by atoms with Crippen molar-refractivity contribution in [3.63, 3.8) is 0 Å². The van der Waals surface area contributed by atoms with Crippen LogP contribution in [0.15, 0.2) is 6.20 Å². The largest absolute Gasteiger partial charge is 0.338 e. The molecule has 0 bridgehead atoms. The van der Waals surface area contributed by atoms with Gasteiger partial charge in [0, 0.05) is 31.4 Å². The molecule has 3 rings (SSSR count). The molecule has 0 aromatic carbocycles. The lowest BCUT2D eigenvalue weighted by atomic mass is 9.95. The van der Waals surface area contributed by atoms with E-state index in [0.29, 0.717) is 12.1 Å². The number of rotatable bonds is 3. The van der Waals surface area contributed by atoms with Crippen molar-refractivity contribution in [2.75, 3.05) is 18.0 Å². The molecule has 0 spiro atoms. The normalized spacial score (nSPS) is 25.2. The summed E-state index contributed by atoms with van der Waals surface area (Å²) in [6, 6.07) is 1.15. The zero-order valence-corrected chi connectivity index (χ0v) is 12.0. The molecule has 1 aliphatic carbocycles. The van der Waals surface area contributed by atoms with Gasteiger partial charge in [-0.25, -0.2) is 4.98 Å². The Kier molecular flexibility index (Phi) is 3.78. The van der Waals surface area contributed by atoms with Gasteiger partial charge in [0.25, 0.3) is 0 Å². The van der Waals surface area contributed by atoms with E-state index >= 15 is 0 Å². The van der Waals surface area contributed by atoms with Crippen LogP contribution in [0.25, 0.3) is 0 Å². The van der Waals surface area contributed by atoms with Gasteiger partial charge in [-0.3, -0.25) is 0 Å². The first-order valence-electron chi connectivity index (χ1n) is 7.82. The highest BCUT2D eigenvalue weighted by molar-refractivity contribution is 5.37. The van der Waals surface area contributed by atoms with Gasteiger partial charge in [0.2, 0.25) is 5.95 Å². The van der Waals surface area contributed by atoms with Crippen molar-refractivity contribution in [1.29, 1.82) is 0 Å². The number of hydrogen-bond acceptors (Lipinski definition) is 3. The van der Waals surface area contributed by atoms with Gasteiger partial charge < -0.3 is 15.2 Å². The molecule has 4 nitrogen and oxygen atoms in total. The van der Waals surface area contributed by atoms with Crippen LogP contribution in [0.2, 0.25) is 0 Å². The first kappa shape index (κ1) is 13.0. The summed E-state index contributed by atoms with van der Waals surface area (Å²) < 4.78 is 2.45. The molecule has 2 N–H and O–H groups in total. The number of aromatic nitrogens is 2. The number of hydrogen-bond donors (Lipinski definition) is 1. The smallest absolute Gasteiger partial charge is 0.206 e. The third-order valence-electron chi connectivity index (χ3n) is 4.71. The Labute approximate surface area is 116 Å². The van der Waals surface area contributed by atoms with Gasteiger partial charge in [-0.15, -0.1) is 0 Å². The van der Waals surface area contributed by atoms with Crippen LogP contribution >= 0.6 is 0 Å². The first-order valence-corrected chi connectivity index (χ1v) is 7.82. The standard InChI is InChI=1S/C15H26N4/c1-12-11-19(13-6-3-2-4-7-13)15(17-12)18-9-5-8-14(18)10-16/h11,13-14H,2-10,16H2,1H3. The zero-order chi connectivity index (χ0) is 13.2. The molecule has 2 heterocycles. The number of nitrogens with zero attached hydrogens (tertiary/aromatic N) is 3. The van der Waals surface area contributed by atoms with Gasteiger partial charge in [0.05, 0.1) is 5.69 Å². The molecule has 19 heavy (non-hydrogen) atoms. The summed E-state index contributed by atoms with van der Waals surface area (Å²) in [5.74, 6) is 1.18. The molecule has 1 saturated heterocycles. The van der Waals surface area contributed by atoms with E-state index in [-0.39, 0.29) is 0 Å². The minimum Gasteiger partial charge on any atom is -0.338 e. The van der Waals surface area contributed by atoms with Crippen LogP contribution in [0, 0.1) is 6.92 Å². The summed E-state index contributed by atoms with van der Waals surface area (Å²) in [5.41, 5.74) is 7.06. The van der Waals surface area contributed by atoms with Crippen molar-refractivity contribution in [2.24, 2.45) is 5.73 Å². The molecule has 1 aromatic rings. The molecule has 2 aliphatic rings. The summed E-state index contributed by atoms with van der Waals surface area (Å²) in [4.78, 5) is 7.25. The van der Waals surface area contributed by atoms with Gasteiger partial charge in [-0.05, 0) is 32.6 Å². The number of imidazole rings is 1. The van der Waals surface area contributed by atoms with Crippen molar-refractivity contribution in [2.45, 2.75) is 64.0 Å². The molecule has 4 heteroatoms. The molecule has 2 fully saturated rings. The van der Waals surface area contributed by atoms with Crippen molar-refractivity contribution >= 4 is 5.95 Å². The summed E-state index contributed by atoms with van der Waals surface area (Å²) in [6.45, 7) is 3.97. The average molecular weight is 262 g/mol. The van der Waals surface area contributed by atoms with Crippen LogP contribution < -0.4 is 10.6 Å². The molecule has 106 valence electrons. The third kappa shape index (κ3) is 2.50. The predicted octanol–water partition coefficient (Wildman–Crippen LogP) is 2.62. The molecule has 1 aliphatic heterocycles. The third-order valence-corrected chi connectivity index (χ3v) is 4.71. The van der Waals surface area contributed by atoms with Crippen LogP contribution in [0.3, 0.4) is 0 Å². The fourth-order valence-electron chi connectivity index (χ4n) is 3.69. The first-order chi connectivity index (χ1) is 9.29. The van der Waals surface area contributed by atoms with Crippen LogP contribution in [0.5, 0.6) is 0 Å². The lowest BCUT2D eigenvalue weighted by Crippen LogP contribution is -2.37. The Balaban J connectivity index is 1.87. The number of aryl methyl sites for hydroxylation is 1. The Hall–Kier alpha value is -1.03. The molecule has 1 atom stereocenters. The summed E-state index contributed by atoms with van der Waals surface area (Å²) in [7, 11) is 0. The van der Waals surface area contributed by atoms with Gasteiger partial charge >= 0.3 is 0 Å². The maximum Gasteiger partial charge on any atom is 0.206 e. The van der Waals surface area contributed by atoms with Gasteiger partial charge in [0.1, 0.15) is 0 Å². The molecule has 1 aromatic heterocycles. The number of anilines is 1. The topological polar surface area (TPSA) is 47.1 Å². The van der Waals surface area contributed by atoms with E-state index in [1.807, 2.05) is 0 Å². The summed E-state index contributed by atoms with van der Waals surface area (Å²) in [6.07, 6.45) is 11.5. The number of nitrogens with two attached hydrogens (primary N) is 1. The van der Waals surface area contributed by atoms with E-state index in [0.717, 1.165) is 18.8 Å². The highest BCUT2D eigenvalue weighted by Crippen LogP contribution is 2.34. The molecular formula is C15H26N4. The van der Waals surface area contributed by atoms with E-state index in [4.69, 9.17) is 10.7 Å². The van der Waals surface area contributed by atoms with E-state index < -0.39 is 0 Å². The summed E-state index contributed by atoms with van der Waals surface area (Å²) >= 11 is 0. The Morgan fingerprint density at radius 3 is 2.74 bits per heavy atom. The van der Waals surface area contributed by atoms with Crippen molar-refractivity contribution in [3.05, 3.63) is 11.9 Å². The summed E-state index contributed by atoms with van der Waals surface area (Å²) in [5, 5.41) is 0. The van der Waals surface area contributed by atoms with Crippen LogP contribution in [0.4, 0.5) is 5.95 Å². The maximum atomic E-state index is 5.92. The second-order valence-electron chi connectivity index (χ2n) is 6.11. The fraction of sp³-hybridized carbons (Fsp3) is 0.800. The quantitative estimate of drug-likeness (QED) is 0.911. The van der Waals surface area contributed by atoms with Crippen LogP contribution in [-0.2, 0) is 0 Å². The Morgan fingerprint density at radius 1 is 1.21 bits per heavy atom. The lowest BCUT2D eigenvalue weighted by molar-refractivity contribution is 0.352.